The lowest BCUT2D eigenvalue weighted by molar-refractivity contribution is 0.127. The summed E-state index contributed by atoms with van der Waals surface area (Å²) in [6, 6.07) is 0. The largest absolute Gasteiger partial charge is 0.412 e. The highest BCUT2D eigenvalue weighted by Gasteiger charge is 1.97. The molecule has 0 aromatic rings. The maximum absolute atomic E-state index is 5.63. The molecular weight excluding hydrogens is 218 g/mol. The van der Waals surface area contributed by atoms with Crippen molar-refractivity contribution in [3.63, 3.8) is 0 Å². The first-order valence-electron chi connectivity index (χ1n) is 6.60. The molecule has 0 rings (SSSR count). The van der Waals surface area contributed by atoms with E-state index in [9.17, 15) is 0 Å². The van der Waals surface area contributed by atoms with Gasteiger partial charge in [0.2, 0.25) is 0 Å². The number of ether oxygens (including phenoxy) is 1. The maximum Gasteiger partial charge on any atom is 0.0676 e. The molecule has 1 atom stereocenters. The third kappa shape index (κ3) is 15.8. The first-order chi connectivity index (χ1) is 7.81. The number of unbranched alkanes of at least 4 members (excludes halogenated alkanes) is 5. The van der Waals surface area contributed by atoms with E-state index in [2.05, 4.69) is 12.3 Å². The van der Waals surface area contributed by atoms with Gasteiger partial charge >= 0.3 is 0 Å². The van der Waals surface area contributed by atoms with Gasteiger partial charge in [-0.25, -0.2) is 5.43 Å². The fourth-order valence-electron chi connectivity index (χ4n) is 1.53. The first kappa shape index (κ1) is 19.1. The van der Waals surface area contributed by atoms with Crippen molar-refractivity contribution in [3.05, 3.63) is 0 Å². The van der Waals surface area contributed by atoms with E-state index in [1.165, 1.54) is 38.5 Å². The van der Waals surface area contributed by atoms with E-state index in [4.69, 9.17) is 16.3 Å². The molecule has 0 saturated carbocycles. The van der Waals surface area contributed by atoms with Gasteiger partial charge < -0.3 is 15.9 Å². The van der Waals surface area contributed by atoms with Crippen molar-refractivity contribution in [3.8, 4) is 0 Å². The van der Waals surface area contributed by atoms with Gasteiger partial charge in [0.05, 0.1) is 6.17 Å². The van der Waals surface area contributed by atoms with E-state index in [-0.39, 0.29) is 11.6 Å². The van der Waals surface area contributed by atoms with Gasteiger partial charge in [-0.3, -0.25) is 5.84 Å². The summed E-state index contributed by atoms with van der Waals surface area (Å²) in [5.74, 6) is 5.20. The van der Waals surface area contributed by atoms with Crippen LogP contribution in [0.4, 0.5) is 0 Å². The van der Waals surface area contributed by atoms with Gasteiger partial charge in [0.15, 0.2) is 0 Å². The lowest BCUT2D eigenvalue weighted by atomic mass is 10.1. The number of nitrogens with two attached hydrogens (primary N) is 2. The van der Waals surface area contributed by atoms with Gasteiger partial charge in [-0.1, -0.05) is 39.0 Å². The van der Waals surface area contributed by atoms with Crippen LogP contribution in [-0.4, -0.2) is 24.9 Å². The van der Waals surface area contributed by atoms with Gasteiger partial charge in [0, 0.05) is 13.2 Å². The Hall–Kier alpha value is -0.200. The predicted molar refractivity (Wildman–Crippen MR) is 72.3 cm³/mol. The summed E-state index contributed by atoms with van der Waals surface area (Å²) in [5.41, 5.74) is 8.18. The second-order valence-electron chi connectivity index (χ2n) is 4.30. The molecule has 0 aromatic carbocycles. The lowest BCUT2D eigenvalue weighted by Crippen LogP contribution is -2.41. The number of nitrogens with one attached hydrogen (secondary N) is 1. The highest BCUT2D eigenvalue weighted by Crippen LogP contribution is 2.06. The Bertz CT molecular complexity index is 137. The zero-order valence-electron chi connectivity index (χ0n) is 11.2. The van der Waals surface area contributed by atoms with E-state index in [1.54, 1.807) is 0 Å². The van der Waals surface area contributed by atoms with E-state index in [1.807, 2.05) is 0 Å². The topological polar surface area (TPSA) is 105 Å². The van der Waals surface area contributed by atoms with Gasteiger partial charge in [0.1, 0.15) is 0 Å². The van der Waals surface area contributed by atoms with Crippen molar-refractivity contribution < 1.29 is 10.2 Å². The minimum Gasteiger partial charge on any atom is -0.412 e. The average molecular weight is 249 g/mol. The molecule has 0 aromatic heterocycles. The van der Waals surface area contributed by atoms with Crippen LogP contribution in [0.25, 0.3) is 0 Å². The molecule has 0 fully saturated rings. The molecule has 5 nitrogen and oxygen atoms in total. The van der Waals surface area contributed by atoms with Gasteiger partial charge in [-0.2, -0.15) is 0 Å². The summed E-state index contributed by atoms with van der Waals surface area (Å²) in [4.78, 5) is 0. The molecule has 5 heteroatoms. The summed E-state index contributed by atoms with van der Waals surface area (Å²) in [7, 11) is 0. The van der Waals surface area contributed by atoms with Crippen LogP contribution in [0.2, 0.25) is 0 Å². The normalized spacial score (nSPS) is 12.2. The minimum absolute atomic E-state index is 0. The van der Waals surface area contributed by atoms with Crippen LogP contribution in [0, 0.1) is 0 Å². The predicted octanol–water partition coefficient (Wildman–Crippen LogP) is 1.07. The van der Waals surface area contributed by atoms with E-state index >= 15 is 0 Å². The number of hydrogen-bond acceptors (Lipinski definition) is 4. The second kappa shape index (κ2) is 15.8. The Balaban J connectivity index is 0. The Kier molecular flexibility index (Phi) is 17.8. The Morgan fingerprint density at radius 3 is 2.24 bits per heavy atom. The Labute approximate surface area is 106 Å². The Morgan fingerprint density at radius 2 is 1.59 bits per heavy atom. The number of rotatable bonds is 12. The van der Waals surface area contributed by atoms with Crippen molar-refractivity contribution >= 4 is 0 Å². The highest BCUT2D eigenvalue weighted by molar-refractivity contribution is 4.54. The van der Waals surface area contributed by atoms with Crippen LogP contribution in [0.1, 0.15) is 58.3 Å². The summed E-state index contributed by atoms with van der Waals surface area (Å²) < 4.78 is 5.49. The van der Waals surface area contributed by atoms with Gasteiger partial charge in [0.25, 0.3) is 0 Å². The van der Waals surface area contributed by atoms with E-state index < -0.39 is 0 Å². The highest BCUT2D eigenvalue weighted by atomic mass is 16.5. The molecule has 0 saturated heterocycles. The molecule has 0 bridgehead atoms. The third-order valence-corrected chi connectivity index (χ3v) is 2.66. The second-order valence-corrected chi connectivity index (χ2v) is 4.30. The molecule has 0 aliphatic heterocycles. The van der Waals surface area contributed by atoms with Crippen LogP contribution < -0.4 is 17.0 Å². The summed E-state index contributed by atoms with van der Waals surface area (Å²) in [5, 5.41) is 0. The molecule has 1 unspecified atom stereocenters. The minimum atomic E-state index is -0.0441. The van der Waals surface area contributed by atoms with Crippen LogP contribution in [0.3, 0.4) is 0 Å². The SMILES string of the molecule is CCCCOCCCCCCCC(N)NN.O. The molecule has 0 aliphatic rings. The summed E-state index contributed by atoms with van der Waals surface area (Å²) in [6.45, 7) is 4.03. The van der Waals surface area contributed by atoms with Crippen LogP contribution in [-0.2, 0) is 4.74 Å². The fraction of sp³-hybridized carbons (Fsp3) is 1.00. The smallest absolute Gasteiger partial charge is 0.0676 e. The van der Waals surface area contributed by atoms with Crippen LogP contribution in [0.5, 0.6) is 0 Å². The molecule has 0 radical (unpaired) electrons. The molecule has 7 N–H and O–H groups in total. The van der Waals surface area contributed by atoms with E-state index in [0.717, 1.165) is 26.1 Å². The monoisotopic (exact) mass is 249 g/mol. The van der Waals surface area contributed by atoms with Crippen molar-refractivity contribution in [2.75, 3.05) is 13.2 Å². The standard InChI is InChI=1S/C12H29N3O.H2O/c1-2-3-10-16-11-8-6-4-5-7-9-12(13)15-14;/h12,15H,2-11,13-14H2,1H3;1H2. The summed E-state index contributed by atoms with van der Waals surface area (Å²) >= 11 is 0. The molecular formula is C12H31N3O2. The van der Waals surface area contributed by atoms with Crippen molar-refractivity contribution in [1.29, 1.82) is 0 Å². The van der Waals surface area contributed by atoms with Crippen LogP contribution in [0.15, 0.2) is 0 Å². The summed E-state index contributed by atoms with van der Waals surface area (Å²) in [6.07, 6.45) is 9.43. The van der Waals surface area contributed by atoms with Crippen LogP contribution >= 0.6 is 0 Å². The molecule has 0 heterocycles. The number of hydrazine groups is 1. The molecule has 106 valence electrons. The average Bonchev–Trinajstić information content (AvgIpc) is 2.31. The lowest BCUT2D eigenvalue weighted by Gasteiger charge is -2.09. The Morgan fingerprint density at radius 1 is 1.00 bits per heavy atom. The third-order valence-electron chi connectivity index (χ3n) is 2.66. The van der Waals surface area contributed by atoms with Crippen molar-refractivity contribution in [2.45, 2.75) is 64.5 Å². The number of hydrogen-bond donors (Lipinski definition) is 3. The molecule has 17 heavy (non-hydrogen) atoms. The molecule has 0 spiro atoms. The maximum atomic E-state index is 5.63. The van der Waals surface area contributed by atoms with Gasteiger partial charge in [-0.05, 0) is 19.3 Å². The first-order valence-corrected chi connectivity index (χ1v) is 6.60. The zero-order chi connectivity index (χ0) is 12.1. The molecule has 0 aliphatic carbocycles. The zero-order valence-corrected chi connectivity index (χ0v) is 11.2. The quantitative estimate of drug-likeness (QED) is 0.208. The van der Waals surface area contributed by atoms with E-state index in [0.29, 0.717) is 0 Å². The fourth-order valence-corrected chi connectivity index (χ4v) is 1.53. The van der Waals surface area contributed by atoms with Gasteiger partial charge in [-0.15, -0.1) is 0 Å². The molecule has 0 amide bonds. The van der Waals surface area contributed by atoms with Crippen molar-refractivity contribution in [2.24, 2.45) is 11.6 Å². The van der Waals surface area contributed by atoms with Crippen molar-refractivity contribution in [1.82, 2.24) is 5.43 Å².